The van der Waals surface area contributed by atoms with Crippen LogP contribution in [-0.4, -0.2) is 10.8 Å². The van der Waals surface area contributed by atoms with Gasteiger partial charge < -0.3 is 5.32 Å². The molecule has 8 heteroatoms. The standard InChI is InChI=1S/C13H7ClI2N2O3/c14-10-5-7(15)1-4-12(10)17-13(19)9-6-8(18(20)21)2-3-11(9)16/h1-6H,(H,17,19). The van der Waals surface area contributed by atoms with Gasteiger partial charge in [-0.25, -0.2) is 0 Å². The Kier molecular flexibility index (Phi) is 5.38. The molecule has 2 rings (SSSR count). The fourth-order valence-corrected chi connectivity index (χ4v) is 3.06. The minimum atomic E-state index is -0.537. The summed E-state index contributed by atoms with van der Waals surface area (Å²) in [6.45, 7) is 0. The maximum atomic E-state index is 12.2. The normalized spacial score (nSPS) is 10.2. The second kappa shape index (κ2) is 6.88. The summed E-state index contributed by atoms with van der Waals surface area (Å²) in [6, 6.07) is 9.35. The van der Waals surface area contributed by atoms with Crippen molar-refractivity contribution in [1.29, 1.82) is 0 Å². The first-order chi connectivity index (χ1) is 9.88. The summed E-state index contributed by atoms with van der Waals surface area (Å²) in [7, 11) is 0. The van der Waals surface area contributed by atoms with Crippen molar-refractivity contribution in [3.63, 3.8) is 0 Å². The molecule has 2 aromatic rings. The summed E-state index contributed by atoms with van der Waals surface area (Å²) < 4.78 is 1.57. The zero-order valence-electron chi connectivity index (χ0n) is 10.3. The zero-order chi connectivity index (χ0) is 15.6. The van der Waals surface area contributed by atoms with E-state index < -0.39 is 10.8 Å². The lowest BCUT2D eigenvalue weighted by Crippen LogP contribution is -2.14. The number of halogens is 3. The molecule has 2 aromatic carbocycles. The van der Waals surface area contributed by atoms with E-state index in [1.165, 1.54) is 18.2 Å². The molecular weight excluding hydrogens is 521 g/mol. The second-order valence-corrected chi connectivity index (χ2v) is 6.81. The highest BCUT2D eigenvalue weighted by Gasteiger charge is 2.16. The summed E-state index contributed by atoms with van der Waals surface area (Å²) in [4.78, 5) is 22.5. The Morgan fingerprint density at radius 2 is 1.90 bits per heavy atom. The number of carbonyl (C=O) groups is 1. The second-order valence-electron chi connectivity index (χ2n) is 4.00. The van der Waals surface area contributed by atoms with Crippen molar-refractivity contribution in [2.75, 3.05) is 5.32 Å². The first-order valence-corrected chi connectivity index (χ1v) is 8.12. The molecule has 108 valence electrons. The average Bonchev–Trinajstić information content (AvgIpc) is 2.42. The number of hydrogen-bond acceptors (Lipinski definition) is 3. The van der Waals surface area contributed by atoms with Crippen molar-refractivity contribution in [3.8, 4) is 0 Å². The summed E-state index contributed by atoms with van der Waals surface area (Å²) in [5.74, 6) is -0.439. The average molecular weight is 528 g/mol. The number of nitrogens with one attached hydrogen (secondary N) is 1. The molecule has 0 bridgehead atoms. The van der Waals surface area contributed by atoms with Gasteiger partial charge in [-0.05, 0) is 69.4 Å². The number of nitrogens with zero attached hydrogens (tertiary/aromatic N) is 1. The van der Waals surface area contributed by atoms with Gasteiger partial charge in [-0.1, -0.05) is 11.6 Å². The highest BCUT2D eigenvalue weighted by atomic mass is 127. The zero-order valence-corrected chi connectivity index (χ0v) is 15.3. The molecule has 0 aromatic heterocycles. The van der Waals surface area contributed by atoms with Crippen LogP contribution >= 0.6 is 56.8 Å². The summed E-state index contributed by atoms with van der Waals surface area (Å²) in [5.41, 5.74) is 0.568. The Morgan fingerprint density at radius 1 is 1.19 bits per heavy atom. The predicted molar refractivity (Wildman–Crippen MR) is 97.9 cm³/mol. The van der Waals surface area contributed by atoms with Gasteiger partial charge in [0.2, 0.25) is 0 Å². The van der Waals surface area contributed by atoms with Crippen molar-refractivity contribution >= 4 is 74.1 Å². The number of hydrogen-bond donors (Lipinski definition) is 1. The quantitative estimate of drug-likeness (QED) is 0.357. The van der Waals surface area contributed by atoms with Crippen LogP contribution in [0.2, 0.25) is 5.02 Å². The molecule has 0 saturated heterocycles. The molecule has 0 spiro atoms. The molecular formula is C13H7ClI2N2O3. The van der Waals surface area contributed by atoms with Gasteiger partial charge in [0, 0.05) is 19.3 Å². The molecule has 21 heavy (non-hydrogen) atoms. The maximum absolute atomic E-state index is 12.2. The molecule has 5 nitrogen and oxygen atoms in total. The lowest BCUT2D eigenvalue weighted by atomic mass is 10.2. The number of nitro benzene ring substituents is 1. The van der Waals surface area contributed by atoms with Crippen LogP contribution in [0.1, 0.15) is 10.4 Å². The molecule has 0 fully saturated rings. The van der Waals surface area contributed by atoms with Crippen molar-refractivity contribution in [2.45, 2.75) is 0 Å². The van der Waals surface area contributed by atoms with Crippen LogP contribution in [0, 0.1) is 17.3 Å². The Labute approximate surface area is 152 Å². The summed E-state index contributed by atoms with van der Waals surface area (Å²) in [6.07, 6.45) is 0. The number of rotatable bonds is 3. The van der Waals surface area contributed by atoms with Gasteiger partial charge in [0.15, 0.2) is 0 Å². The first kappa shape index (κ1) is 16.4. The maximum Gasteiger partial charge on any atom is 0.270 e. The first-order valence-electron chi connectivity index (χ1n) is 5.59. The van der Waals surface area contributed by atoms with E-state index in [-0.39, 0.29) is 11.3 Å². The van der Waals surface area contributed by atoms with Crippen molar-refractivity contribution in [2.24, 2.45) is 0 Å². The molecule has 0 radical (unpaired) electrons. The molecule has 0 saturated carbocycles. The molecule has 0 heterocycles. The van der Waals surface area contributed by atoms with Crippen molar-refractivity contribution in [3.05, 3.63) is 64.2 Å². The van der Waals surface area contributed by atoms with Crippen molar-refractivity contribution < 1.29 is 9.72 Å². The van der Waals surface area contributed by atoms with Gasteiger partial charge in [0.25, 0.3) is 11.6 Å². The lowest BCUT2D eigenvalue weighted by molar-refractivity contribution is -0.384. The number of benzene rings is 2. The Balaban J connectivity index is 2.32. The van der Waals surface area contributed by atoms with Gasteiger partial charge in [0.1, 0.15) is 0 Å². The van der Waals surface area contributed by atoms with E-state index >= 15 is 0 Å². The smallest absolute Gasteiger partial charge is 0.270 e. The molecule has 0 aliphatic carbocycles. The monoisotopic (exact) mass is 528 g/mol. The van der Waals surface area contributed by atoms with Gasteiger partial charge in [-0.15, -0.1) is 0 Å². The van der Waals surface area contributed by atoms with Crippen LogP contribution in [0.5, 0.6) is 0 Å². The van der Waals surface area contributed by atoms with E-state index in [9.17, 15) is 14.9 Å². The largest absolute Gasteiger partial charge is 0.321 e. The van der Waals surface area contributed by atoms with Crippen LogP contribution in [-0.2, 0) is 0 Å². The van der Waals surface area contributed by atoms with Crippen LogP contribution in [0.4, 0.5) is 11.4 Å². The SMILES string of the molecule is O=C(Nc1ccc(I)cc1Cl)c1cc([N+](=O)[O-])ccc1I. The van der Waals surface area contributed by atoms with Crippen LogP contribution in [0.3, 0.4) is 0 Å². The number of amides is 1. The minimum absolute atomic E-state index is 0.130. The number of non-ortho nitro benzene ring substituents is 1. The van der Waals surface area contributed by atoms with Crippen LogP contribution < -0.4 is 5.32 Å². The summed E-state index contributed by atoms with van der Waals surface area (Å²) in [5, 5.41) is 13.9. The van der Waals surface area contributed by atoms with E-state index in [0.29, 0.717) is 14.3 Å². The highest BCUT2D eigenvalue weighted by Crippen LogP contribution is 2.26. The van der Waals surface area contributed by atoms with Gasteiger partial charge >= 0.3 is 0 Å². The minimum Gasteiger partial charge on any atom is -0.321 e. The van der Waals surface area contributed by atoms with E-state index in [2.05, 4.69) is 27.9 Å². The van der Waals surface area contributed by atoms with Gasteiger partial charge in [0.05, 0.1) is 21.2 Å². The Morgan fingerprint density at radius 3 is 2.52 bits per heavy atom. The van der Waals surface area contributed by atoms with Gasteiger partial charge in [-0.3, -0.25) is 14.9 Å². The van der Waals surface area contributed by atoms with Crippen LogP contribution in [0.25, 0.3) is 0 Å². The number of carbonyl (C=O) groups excluding carboxylic acids is 1. The number of nitro groups is 1. The lowest BCUT2D eigenvalue weighted by Gasteiger charge is -2.09. The Bertz CT molecular complexity index is 737. The molecule has 0 unspecified atom stereocenters. The van der Waals surface area contributed by atoms with E-state index in [0.717, 1.165) is 3.57 Å². The molecule has 0 atom stereocenters. The fraction of sp³-hybridized carbons (Fsp3) is 0. The van der Waals surface area contributed by atoms with Crippen LogP contribution in [0.15, 0.2) is 36.4 Å². The van der Waals surface area contributed by atoms with Crippen molar-refractivity contribution in [1.82, 2.24) is 0 Å². The topological polar surface area (TPSA) is 72.2 Å². The number of anilines is 1. The Hall–Kier alpha value is -0.940. The molecule has 1 amide bonds. The molecule has 1 N–H and O–H groups in total. The molecule has 0 aliphatic heterocycles. The highest BCUT2D eigenvalue weighted by molar-refractivity contribution is 14.1. The summed E-state index contributed by atoms with van der Waals surface area (Å²) >= 11 is 10.1. The fourth-order valence-electron chi connectivity index (χ4n) is 1.58. The van der Waals surface area contributed by atoms with E-state index in [4.69, 9.17) is 11.6 Å². The third kappa shape index (κ3) is 4.04. The molecule has 0 aliphatic rings. The van der Waals surface area contributed by atoms with Gasteiger partial charge in [-0.2, -0.15) is 0 Å². The predicted octanol–water partition coefficient (Wildman–Crippen LogP) is 4.71. The third-order valence-electron chi connectivity index (χ3n) is 2.58. The van der Waals surface area contributed by atoms with E-state index in [1.54, 1.807) is 18.2 Å². The third-order valence-corrected chi connectivity index (χ3v) is 4.51. The van der Waals surface area contributed by atoms with E-state index in [1.807, 2.05) is 22.6 Å².